The molecule has 0 saturated heterocycles. The minimum Gasteiger partial charge on any atom is -0.345 e. The molecule has 0 aliphatic carbocycles. The molecular formula is C30H35N7O3. The van der Waals surface area contributed by atoms with Crippen LogP contribution in [0.15, 0.2) is 73.1 Å². The Kier molecular flexibility index (Phi) is 9.85. The maximum absolute atomic E-state index is 13.6. The number of Topliss-reactive ketones (excluding diaryl/α,β-unsaturated/α-hetero) is 1. The molecule has 0 fully saturated rings. The number of ketones is 1. The molecule has 7 N–H and O–H groups in total. The van der Waals surface area contributed by atoms with E-state index in [0.29, 0.717) is 18.8 Å². The number of hydrogen-bond donors (Lipinski definition) is 4. The van der Waals surface area contributed by atoms with Gasteiger partial charge in [0, 0.05) is 67.9 Å². The van der Waals surface area contributed by atoms with E-state index in [2.05, 4.69) is 15.3 Å². The van der Waals surface area contributed by atoms with E-state index in [1.165, 1.54) is 4.90 Å². The highest BCUT2D eigenvalue weighted by Gasteiger charge is 2.27. The van der Waals surface area contributed by atoms with Crippen molar-refractivity contribution in [1.29, 1.82) is 0 Å². The first kappa shape index (κ1) is 28.8. The fourth-order valence-corrected chi connectivity index (χ4v) is 4.59. The van der Waals surface area contributed by atoms with E-state index in [1.807, 2.05) is 60.7 Å². The smallest absolute Gasteiger partial charge is 0.238 e. The molecule has 2 amide bonds. The zero-order valence-electron chi connectivity index (χ0n) is 22.3. The maximum atomic E-state index is 13.6. The third-order valence-corrected chi connectivity index (χ3v) is 6.71. The van der Waals surface area contributed by atoms with Crippen LogP contribution in [0.5, 0.6) is 0 Å². The van der Waals surface area contributed by atoms with E-state index in [4.69, 9.17) is 17.2 Å². The van der Waals surface area contributed by atoms with Gasteiger partial charge in [-0.05, 0) is 29.1 Å². The number of para-hydroxylation sites is 1. The maximum Gasteiger partial charge on any atom is 0.238 e. The summed E-state index contributed by atoms with van der Waals surface area (Å²) in [7, 11) is 0. The molecule has 0 radical (unpaired) electrons. The predicted molar refractivity (Wildman–Crippen MR) is 155 cm³/mol. The average Bonchev–Trinajstić information content (AvgIpc) is 2.96. The zero-order valence-corrected chi connectivity index (χ0v) is 22.3. The van der Waals surface area contributed by atoms with Crippen LogP contribution in [-0.2, 0) is 27.2 Å². The summed E-state index contributed by atoms with van der Waals surface area (Å²) in [5.41, 5.74) is 19.5. The summed E-state index contributed by atoms with van der Waals surface area (Å²) in [6, 6.07) is 17.2. The third-order valence-electron chi connectivity index (χ3n) is 6.71. The minimum atomic E-state index is -1.15. The van der Waals surface area contributed by atoms with Gasteiger partial charge in [-0.3, -0.25) is 24.4 Å². The second-order valence-corrected chi connectivity index (χ2v) is 9.74. The molecule has 2 aromatic carbocycles. The molecule has 40 heavy (non-hydrogen) atoms. The molecule has 4 rings (SSSR count). The van der Waals surface area contributed by atoms with Crippen LogP contribution in [0.4, 0.5) is 0 Å². The highest BCUT2D eigenvalue weighted by atomic mass is 16.2. The standard InChI is InChI=1S/C30H35N7O3/c31-9-11-37(12-10-32)29(39)17-25(33)30(40)36-27(16-24-15-21-5-1-2-7-23(21)19-34-24)28(38)14-20-13-22-6-3-4-8-26(22)35-18-20/h1-8,13,15,18-19,25,27H,9-12,14,16-17,31-33H2,(H,36,40)/t25-,27-/m0/s1. The fourth-order valence-electron chi connectivity index (χ4n) is 4.59. The molecule has 0 bridgehead atoms. The summed E-state index contributed by atoms with van der Waals surface area (Å²) >= 11 is 0. The Bertz CT molecular complexity index is 1490. The second kappa shape index (κ2) is 13.7. The molecule has 2 heterocycles. The Morgan fingerprint density at radius 1 is 0.850 bits per heavy atom. The number of fused-ring (bicyclic) bond motifs is 2. The minimum absolute atomic E-state index is 0.0608. The van der Waals surface area contributed by atoms with Crippen molar-refractivity contribution in [2.45, 2.75) is 31.3 Å². The molecule has 0 unspecified atom stereocenters. The number of aromatic nitrogens is 2. The first-order chi connectivity index (χ1) is 19.4. The number of carbonyl (C=O) groups is 3. The first-order valence-corrected chi connectivity index (χ1v) is 13.3. The van der Waals surface area contributed by atoms with Gasteiger partial charge in [0.1, 0.15) is 0 Å². The topological polar surface area (TPSA) is 170 Å². The number of amides is 2. The molecule has 4 aromatic rings. The lowest BCUT2D eigenvalue weighted by Crippen LogP contribution is -2.51. The van der Waals surface area contributed by atoms with Gasteiger partial charge >= 0.3 is 0 Å². The molecule has 0 aliphatic rings. The predicted octanol–water partition coefficient (Wildman–Crippen LogP) is 1.09. The van der Waals surface area contributed by atoms with Gasteiger partial charge in [0.2, 0.25) is 11.8 Å². The van der Waals surface area contributed by atoms with Crippen molar-refractivity contribution >= 4 is 39.3 Å². The number of carbonyl (C=O) groups excluding carboxylic acids is 3. The molecule has 208 valence electrons. The fraction of sp³-hybridized carbons (Fsp3) is 0.300. The summed E-state index contributed by atoms with van der Waals surface area (Å²) in [5.74, 6) is -1.13. The summed E-state index contributed by atoms with van der Waals surface area (Å²) in [4.78, 5) is 49.8. The van der Waals surface area contributed by atoms with Crippen molar-refractivity contribution in [3.8, 4) is 0 Å². The molecule has 0 spiro atoms. The SMILES string of the molecule is NCCN(CCN)C(=O)C[C@H](N)C(=O)N[C@@H](Cc1cc2ccccc2cn1)C(=O)Cc1cnc2ccccc2c1. The van der Waals surface area contributed by atoms with Gasteiger partial charge in [-0.15, -0.1) is 0 Å². The van der Waals surface area contributed by atoms with Crippen LogP contribution < -0.4 is 22.5 Å². The lowest BCUT2D eigenvalue weighted by Gasteiger charge is -2.24. The number of nitrogens with one attached hydrogen (secondary N) is 1. The van der Waals surface area contributed by atoms with E-state index in [-0.39, 0.29) is 44.0 Å². The molecule has 0 saturated carbocycles. The van der Waals surface area contributed by atoms with Crippen LogP contribution in [0, 0.1) is 0 Å². The molecule has 10 nitrogen and oxygen atoms in total. The number of hydrogen-bond acceptors (Lipinski definition) is 8. The van der Waals surface area contributed by atoms with Crippen molar-refractivity contribution in [3.63, 3.8) is 0 Å². The molecule has 2 aromatic heterocycles. The van der Waals surface area contributed by atoms with Crippen LogP contribution in [0.1, 0.15) is 17.7 Å². The van der Waals surface area contributed by atoms with Crippen LogP contribution in [0.25, 0.3) is 21.7 Å². The van der Waals surface area contributed by atoms with Gasteiger partial charge in [-0.25, -0.2) is 0 Å². The van der Waals surface area contributed by atoms with Crippen molar-refractivity contribution in [2.75, 3.05) is 26.2 Å². The second-order valence-electron chi connectivity index (χ2n) is 9.74. The first-order valence-electron chi connectivity index (χ1n) is 13.3. The lowest BCUT2D eigenvalue weighted by atomic mass is 9.98. The third kappa shape index (κ3) is 7.44. The number of pyridine rings is 2. The van der Waals surface area contributed by atoms with Crippen molar-refractivity contribution in [3.05, 3.63) is 84.3 Å². The zero-order chi connectivity index (χ0) is 28.5. The molecule has 10 heteroatoms. The van der Waals surface area contributed by atoms with E-state index >= 15 is 0 Å². The van der Waals surface area contributed by atoms with Crippen LogP contribution in [0.3, 0.4) is 0 Å². The van der Waals surface area contributed by atoms with E-state index in [0.717, 1.165) is 27.2 Å². The highest BCUT2D eigenvalue weighted by Crippen LogP contribution is 2.17. The number of nitrogens with zero attached hydrogens (tertiary/aromatic N) is 3. The van der Waals surface area contributed by atoms with Gasteiger partial charge in [0.15, 0.2) is 5.78 Å². The Hall–Kier alpha value is -4.25. The Morgan fingerprint density at radius 3 is 2.25 bits per heavy atom. The summed E-state index contributed by atoms with van der Waals surface area (Å²) in [6.07, 6.45) is 3.42. The van der Waals surface area contributed by atoms with Crippen LogP contribution >= 0.6 is 0 Å². The average molecular weight is 542 g/mol. The van der Waals surface area contributed by atoms with Crippen molar-refractivity contribution in [1.82, 2.24) is 20.2 Å². The number of benzene rings is 2. The molecular weight excluding hydrogens is 506 g/mol. The normalized spacial score (nSPS) is 12.7. The lowest BCUT2D eigenvalue weighted by molar-refractivity contribution is -0.134. The van der Waals surface area contributed by atoms with Crippen molar-refractivity contribution in [2.24, 2.45) is 17.2 Å². The summed E-state index contributed by atoms with van der Waals surface area (Å²) < 4.78 is 0. The van der Waals surface area contributed by atoms with Gasteiger partial charge in [0.05, 0.1) is 24.0 Å². The number of rotatable bonds is 13. The Balaban J connectivity index is 1.52. The van der Waals surface area contributed by atoms with Gasteiger partial charge in [-0.2, -0.15) is 0 Å². The van der Waals surface area contributed by atoms with Gasteiger partial charge < -0.3 is 27.4 Å². The van der Waals surface area contributed by atoms with Gasteiger partial charge in [0.25, 0.3) is 0 Å². The van der Waals surface area contributed by atoms with E-state index in [9.17, 15) is 14.4 Å². The largest absolute Gasteiger partial charge is 0.345 e. The van der Waals surface area contributed by atoms with Crippen LogP contribution in [0.2, 0.25) is 0 Å². The molecule has 0 aliphatic heterocycles. The Labute approximate surface area is 232 Å². The van der Waals surface area contributed by atoms with E-state index in [1.54, 1.807) is 12.4 Å². The Morgan fingerprint density at radius 2 is 1.52 bits per heavy atom. The number of nitrogens with two attached hydrogens (primary N) is 3. The van der Waals surface area contributed by atoms with Gasteiger partial charge in [-0.1, -0.05) is 42.5 Å². The van der Waals surface area contributed by atoms with Crippen molar-refractivity contribution < 1.29 is 14.4 Å². The monoisotopic (exact) mass is 541 g/mol. The quantitative estimate of drug-likeness (QED) is 0.195. The van der Waals surface area contributed by atoms with E-state index < -0.39 is 18.0 Å². The molecule has 2 atom stereocenters. The summed E-state index contributed by atoms with van der Waals surface area (Å²) in [6.45, 7) is 1.18. The summed E-state index contributed by atoms with van der Waals surface area (Å²) in [5, 5.41) is 5.66. The highest BCUT2D eigenvalue weighted by molar-refractivity contribution is 5.94. The van der Waals surface area contributed by atoms with Crippen LogP contribution in [-0.4, -0.2) is 70.7 Å².